The van der Waals surface area contributed by atoms with E-state index in [4.69, 9.17) is 0 Å². The first kappa shape index (κ1) is 19.3. The van der Waals surface area contributed by atoms with Crippen molar-refractivity contribution in [2.45, 2.75) is 19.5 Å². The summed E-state index contributed by atoms with van der Waals surface area (Å²) in [6, 6.07) is 6.71. The van der Waals surface area contributed by atoms with E-state index in [-0.39, 0.29) is 11.4 Å². The molecule has 0 unspecified atom stereocenters. The molecule has 1 amide bonds. The summed E-state index contributed by atoms with van der Waals surface area (Å²) in [5.74, 6) is -0.863. The summed E-state index contributed by atoms with van der Waals surface area (Å²) >= 11 is 0. The number of piperazine rings is 1. The van der Waals surface area contributed by atoms with Crippen molar-refractivity contribution >= 4 is 22.6 Å². The lowest BCUT2D eigenvalue weighted by atomic mass is 10.2. The highest BCUT2D eigenvalue weighted by Gasteiger charge is 2.36. The second-order valence-corrected chi connectivity index (χ2v) is 6.50. The molecule has 0 saturated carbocycles. The molecule has 0 spiro atoms. The quantitative estimate of drug-likeness (QED) is 0.861. The fraction of sp³-hybridized carbons (Fsp3) is 0.500. The normalized spacial score (nSPS) is 15.9. The van der Waals surface area contributed by atoms with E-state index < -0.39 is 12.0 Å². The maximum Gasteiger partial charge on any atom is 0.451 e. The van der Waals surface area contributed by atoms with Crippen molar-refractivity contribution in [2.75, 3.05) is 44.2 Å². The number of carbonyl (C=O) groups is 1. The molecule has 9 heteroatoms. The lowest BCUT2D eigenvalue weighted by Crippen LogP contribution is -2.50. The Balaban J connectivity index is 1.76. The van der Waals surface area contributed by atoms with Gasteiger partial charge < -0.3 is 10.2 Å². The number of nitrogens with one attached hydrogen (secondary N) is 1. The lowest BCUT2D eigenvalue weighted by molar-refractivity contribution is -0.144. The molecule has 3 rings (SSSR count). The number of hydrogen-bond acceptors (Lipinski definition) is 5. The first-order chi connectivity index (χ1) is 12.9. The maximum absolute atomic E-state index is 13.2. The van der Waals surface area contributed by atoms with Gasteiger partial charge in [-0.1, -0.05) is 19.1 Å². The molecule has 1 N–H and O–H groups in total. The van der Waals surface area contributed by atoms with E-state index in [2.05, 4.69) is 15.3 Å². The molecule has 1 saturated heterocycles. The van der Waals surface area contributed by atoms with Gasteiger partial charge in [0, 0.05) is 38.1 Å². The van der Waals surface area contributed by atoms with Gasteiger partial charge in [0.05, 0.1) is 12.1 Å². The van der Waals surface area contributed by atoms with E-state index in [9.17, 15) is 18.0 Å². The van der Waals surface area contributed by atoms with Crippen LogP contribution in [-0.4, -0.2) is 60.0 Å². The zero-order valence-electron chi connectivity index (χ0n) is 15.1. The van der Waals surface area contributed by atoms with Gasteiger partial charge in [-0.05, 0) is 18.6 Å². The number of anilines is 1. The van der Waals surface area contributed by atoms with Gasteiger partial charge >= 0.3 is 6.18 Å². The number of amides is 1. The number of para-hydroxylation sites is 1. The number of nitrogens with zero attached hydrogens (tertiary/aromatic N) is 4. The molecular weight excluding hydrogens is 359 g/mol. The predicted octanol–water partition coefficient (Wildman–Crippen LogP) is 2.30. The highest BCUT2D eigenvalue weighted by atomic mass is 19.4. The summed E-state index contributed by atoms with van der Waals surface area (Å²) in [5.41, 5.74) is 0.274. The van der Waals surface area contributed by atoms with Crippen LogP contribution in [0.2, 0.25) is 0 Å². The van der Waals surface area contributed by atoms with Crippen molar-refractivity contribution in [2.24, 2.45) is 0 Å². The van der Waals surface area contributed by atoms with Crippen LogP contribution < -0.4 is 10.2 Å². The lowest BCUT2D eigenvalue weighted by Gasteiger charge is -2.35. The highest BCUT2D eigenvalue weighted by molar-refractivity contribution is 5.89. The van der Waals surface area contributed by atoms with Crippen LogP contribution in [0.1, 0.15) is 19.2 Å². The van der Waals surface area contributed by atoms with Gasteiger partial charge in [0.15, 0.2) is 0 Å². The Morgan fingerprint density at radius 3 is 2.52 bits per heavy atom. The average molecular weight is 381 g/mol. The topological polar surface area (TPSA) is 61.4 Å². The first-order valence-corrected chi connectivity index (χ1v) is 8.96. The van der Waals surface area contributed by atoms with E-state index >= 15 is 0 Å². The molecule has 0 atom stereocenters. The molecule has 2 aromatic rings. The van der Waals surface area contributed by atoms with Crippen LogP contribution in [0.5, 0.6) is 0 Å². The van der Waals surface area contributed by atoms with Gasteiger partial charge in [-0.15, -0.1) is 0 Å². The number of rotatable bonds is 5. The van der Waals surface area contributed by atoms with Crippen molar-refractivity contribution in [3.05, 3.63) is 30.1 Å². The van der Waals surface area contributed by atoms with Gasteiger partial charge in [0.25, 0.3) is 0 Å². The summed E-state index contributed by atoms with van der Waals surface area (Å²) in [7, 11) is 0. The number of hydrogen-bond donors (Lipinski definition) is 1. The van der Waals surface area contributed by atoms with Crippen LogP contribution >= 0.6 is 0 Å². The van der Waals surface area contributed by atoms with Crippen LogP contribution in [0.25, 0.3) is 10.9 Å². The van der Waals surface area contributed by atoms with E-state index in [1.807, 2.05) is 16.7 Å². The van der Waals surface area contributed by atoms with Gasteiger partial charge in [0.2, 0.25) is 11.7 Å². The third-order valence-electron chi connectivity index (χ3n) is 4.45. The molecule has 1 aliphatic rings. The summed E-state index contributed by atoms with van der Waals surface area (Å²) in [6.45, 7) is 5.09. The molecule has 27 heavy (non-hydrogen) atoms. The summed E-state index contributed by atoms with van der Waals surface area (Å²) < 4.78 is 39.5. The summed E-state index contributed by atoms with van der Waals surface area (Å²) in [5, 5.41) is 3.43. The van der Waals surface area contributed by atoms with Crippen molar-refractivity contribution in [1.82, 2.24) is 20.2 Å². The molecule has 146 valence electrons. The third-order valence-corrected chi connectivity index (χ3v) is 4.45. The zero-order valence-corrected chi connectivity index (χ0v) is 15.1. The van der Waals surface area contributed by atoms with Crippen LogP contribution in [0.15, 0.2) is 24.3 Å². The molecule has 1 aromatic heterocycles. The van der Waals surface area contributed by atoms with E-state index in [1.54, 1.807) is 24.3 Å². The Morgan fingerprint density at radius 1 is 1.15 bits per heavy atom. The molecule has 6 nitrogen and oxygen atoms in total. The van der Waals surface area contributed by atoms with Crippen molar-refractivity contribution in [3.8, 4) is 0 Å². The molecule has 0 aliphatic carbocycles. The Labute approximate surface area is 155 Å². The number of aromatic nitrogens is 2. The van der Waals surface area contributed by atoms with Crippen molar-refractivity contribution in [3.63, 3.8) is 0 Å². The van der Waals surface area contributed by atoms with E-state index in [1.165, 1.54) is 0 Å². The van der Waals surface area contributed by atoms with E-state index in [0.29, 0.717) is 50.5 Å². The molecular formula is C18H22F3N5O. The van der Waals surface area contributed by atoms with Crippen LogP contribution in [0.3, 0.4) is 0 Å². The fourth-order valence-electron chi connectivity index (χ4n) is 3.07. The summed E-state index contributed by atoms with van der Waals surface area (Å²) in [4.78, 5) is 23.1. The molecule has 1 aromatic carbocycles. The molecule has 1 aliphatic heterocycles. The number of halogens is 3. The Morgan fingerprint density at radius 2 is 1.85 bits per heavy atom. The number of alkyl halides is 3. The predicted molar refractivity (Wildman–Crippen MR) is 96.5 cm³/mol. The number of fused-ring (bicyclic) bond motifs is 1. The minimum atomic E-state index is -4.60. The van der Waals surface area contributed by atoms with Gasteiger partial charge in [-0.2, -0.15) is 13.2 Å². The third kappa shape index (κ3) is 4.65. The zero-order chi connectivity index (χ0) is 19.4. The summed E-state index contributed by atoms with van der Waals surface area (Å²) in [6.07, 6.45) is -3.72. The smallest absolute Gasteiger partial charge is 0.355 e. The SMILES string of the molecule is CCCNC(=O)CN1CCN(c2nc(C(F)(F)F)nc3ccccc23)CC1. The average Bonchev–Trinajstić information content (AvgIpc) is 2.65. The second kappa shape index (κ2) is 8.08. The maximum atomic E-state index is 13.2. The van der Waals surface area contributed by atoms with Gasteiger partial charge in [0.1, 0.15) is 5.82 Å². The largest absolute Gasteiger partial charge is 0.451 e. The molecule has 0 bridgehead atoms. The Kier molecular flexibility index (Phi) is 5.79. The second-order valence-electron chi connectivity index (χ2n) is 6.50. The van der Waals surface area contributed by atoms with Crippen molar-refractivity contribution < 1.29 is 18.0 Å². The number of carbonyl (C=O) groups excluding carboxylic acids is 1. The van der Waals surface area contributed by atoms with Crippen LogP contribution in [-0.2, 0) is 11.0 Å². The Hall–Kier alpha value is -2.42. The number of benzene rings is 1. The Bertz CT molecular complexity index is 803. The van der Waals surface area contributed by atoms with E-state index in [0.717, 1.165) is 6.42 Å². The van der Waals surface area contributed by atoms with Gasteiger partial charge in [-0.3, -0.25) is 9.69 Å². The minimum absolute atomic E-state index is 0.0304. The standard InChI is InChI=1S/C18H22F3N5O/c1-2-7-22-15(27)12-25-8-10-26(11-9-25)16-13-5-3-4-6-14(13)23-17(24-16)18(19,20)21/h3-6H,2,7-12H2,1H3,(H,22,27). The van der Waals surface area contributed by atoms with Crippen LogP contribution in [0, 0.1) is 0 Å². The molecule has 2 heterocycles. The molecule has 0 radical (unpaired) electrons. The monoisotopic (exact) mass is 381 g/mol. The van der Waals surface area contributed by atoms with Crippen molar-refractivity contribution in [1.29, 1.82) is 0 Å². The highest BCUT2D eigenvalue weighted by Crippen LogP contribution is 2.32. The fourth-order valence-corrected chi connectivity index (χ4v) is 3.07. The van der Waals surface area contributed by atoms with Gasteiger partial charge in [-0.25, -0.2) is 9.97 Å². The van der Waals surface area contributed by atoms with Crippen LogP contribution in [0.4, 0.5) is 19.0 Å². The molecule has 1 fully saturated rings. The first-order valence-electron chi connectivity index (χ1n) is 8.96. The minimum Gasteiger partial charge on any atom is -0.355 e.